The molecule has 0 aliphatic carbocycles. The molecule has 0 spiro atoms. The van der Waals surface area contributed by atoms with Gasteiger partial charge in [0.1, 0.15) is 5.82 Å². The number of ether oxygens (including phenoxy) is 1. The highest BCUT2D eigenvalue weighted by molar-refractivity contribution is 5.95. The van der Waals surface area contributed by atoms with Crippen LogP contribution in [0.1, 0.15) is 16.1 Å². The predicted octanol–water partition coefficient (Wildman–Crippen LogP) is 0.955. The van der Waals surface area contributed by atoms with Crippen LogP contribution < -0.4 is 16.2 Å². The van der Waals surface area contributed by atoms with Gasteiger partial charge in [0, 0.05) is 6.54 Å². The van der Waals surface area contributed by atoms with Gasteiger partial charge < -0.3 is 20.8 Å². The van der Waals surface area contributed by atoms with Crippen LogP contribution in [0.25, 0.3) is 0 Å². The summed E-state index contributed by atoms with van der Waals surface area (Å²) < 4.78 is 19.8. The molecule has 0 atom stereocenters. The number of imidazole rings is 1. The van der Waals surface area contributed by atoms with Crippen LogP contribution in [-0.2, 0) is 13.0 Å². The first-order valence-corrected chi connectivity index (χ1v) is 5.95. The number of hydrogen-bond donors (Lipinski definition) is 2. The van der Waals surface area contributed by atoms with Crippen LogP contribution in [0.3, 0.4) is 0 Å². The topological polar surface area (TPSA) is 96.2 Å². The number of benzene rings is 1. The molecule has 2 aromatic rings. The Bertz CT molecular complexity index is 639. The Morgan fingerprint density at radius 3 is 2.85 bits per heavy atom. The summed E-state index contributed by atoms with van der Waals surface area (Å²) in [5.41, 5.74) is 11.8. The number of primary amides is 1. The Hall–Kier alpha value is -2.57. The van der Waals surface area contributed by atoms with Crippen molar-refractivity contribution in [3.63, 3.8) is 0 Å². The first kappa shape index (κ1) is 13.9. The second kappa shape index (κ2) is 5.60. The van der Waals surface area contributed by atoms with Crippen molar-refractivity contribution in [1.82, 2.24) is 9.55 Å². The fourth-order valence-corrected chi connectivity index (χ4v) is 1.87. The number of nitrogens with zero attached hydrogens (tertiary/aromatic N) is 2. The number of nitrogen functional groups attached to an aromatic ring is 1. The van der Waals surface area contributed by atoms with Crippen molar-refractivity contribution in [3.05, 3.63) is 41.6 Å². The third-order valence-corrected chi connectivity index (χ3v) is 2.97. The van der Waals surface area contributed by atoms with Gasteiger partial charge in [0.2, 0.25) is 0 Å². The van der Waals surface area contributed by atoms with E-state index >= 15 is 0 Å². The number of hydrogen-bond acceptors (Lipinski definition) is 4. The molecule has 0 aliphatic rings. The Labute approximate surface area is 115 Å². The first-order chi connectivity index (χ1) is 9.52. The summed E-state index contributed by atoms with van der Waals surface area (Å²) in [6.45, 7) is 0.501. The van der Waals surface area contributed by atoms with Gasteiger partial charge in [-0.25, -0.2) is 9.37 Å². The number of methoxy groups -OCH3 is 1. The molecule has 4 N–H and O–H groups in total. The summed E-state index contributed by atoms with van der Waals surface area (Å²) in [7, 11) is 1.41. The van der Waals surface area contributed by atoms with Crippen LogP contribution >= 0.6 is 0 Å². The lowest BCUT2D eigenvalue weighted by molar-refractivity contribution is 0.0997. The van der Waals surface area contributed by atoms with E-state index in [1.165, 1.54) is 19.5 Å². The maximum absolute atomic E-state index is 13.3. The zero-order valence-corrected chi connectivity index (χ0v) is 11.0. The Morgan fingerprint density at radius 2 is 2.25 bits per heavy atom. The fourth-order valence-electron chi connectivity index (χ4n) is 1.87. The van der Waals surface area contributed by atoms with Crippen molar-refractivity contribution in [3.8, 4) is 5.75 Å². The number of halogens is 1. The molecule has 0 radical (unpaired) electrons. The lowest BCUT2D eigenvalue weighted by Gasteiger charge is -2.07. The highest BCUT2D eigenvalue weighted by atomic mass is 19.1. The average molecular weight is 278 g/mol. The molecule has 0 fully saturated rings. The van der Waals surface area contributed by atoms with Crippen LogP contribution in [0.4, 0.5) is 10.2 Å². The summed E-state index contributed by atoms with van der Waals surface area (Å²) in [5.74, 6) is -0.649. The molecule has 0 aliphatic heterocycles. The van der Waals surface area contributed by atoms with Crippen LogP contribution in [0.5, 0.6) is 5.75 Å². The largest absolute Gasteiger partial charge is 0.494 e. The molecule has 106 valence electrons. The molecule has 0 unspecified atom stereocenters. The van der Waals surface area contributed by atoms with E-state index in [0.29, 0.717) is 13.0 Å². The van der Waals surface area contributed by atoms with Gasteiger partial charge in [0.15, 0.2) is 17.3 Å². The number of carbonyl (C=O) groups excluding carboxylic acids is 1. The van der Waals surface area contributed by atoms with Crippen molar-refractivity contribution >= 4 is 11.7 Å². The zero-order chi connectivity index (χ0) is 14.7. The number of carbonyl (C=O) groups is 1. The summed E-state index contributed by atoms with van der Waals surface area (Å²) in [5, 5.41) is 0. The van der Waals surface area contributed by atoms with Crippen molar-refractivity contribution in [2.45, 2.75) is 13.0 Å². The average Bonchev–Trinajstić information content (AvgIpc) is 2.79. The lowest BCUT2D eigenvalue weighted by atomic mass is 10.1. The lowest BCUT2D eigenvalue weighted by Crippen LogP contribution is -2.15. The van der Waals surface area contributed by atoms with E-state index in [0.717, 1.165) is 5.56 Å². The molecule has 0 saturated carbocycles. The second-order valence-electron chi connectivity index (χ2n) is 4.25. The Kier molecular flexibility index (Phi) is 3.88. The van der Waals surface area contributed by atoms with Gasteiger partial charge in [-0.15, -0.1) is 0 Å². The van der Waals surface area contributed by atoms with Crippen molar-refractivity contribution in [1.29, 1.82) is 0 Å². The zero-order valence-electron chi connectivity index (χ0n) is 11.0. The Morgan fingerprint density at radius 1 is 1.50 bits per heavy atom. The molecule has 1 aromatic heterocycles. The number of aromatic nitrogens is 2. The van der Waals surface area contributed by atoms with Crippen molar-refractivity contribution in [2.75, 3.05) is 12.8 Å². The van der Waals surface area contributed by atoms with Gasteiger partial charge in [0.25, 0.3) is 5.91 Å². The SMILES string of the molecule is COc1cc(CCn2cnc(C(N)=O)c2N)ccc1F. The van der Waals surface area contributed by atoms with E-state index in [-0.39, 0.29) is 17.3 Å². The highest BCUT2D eigenvalue weighted by Gasteiger charge is 2.12. The van der Waals surface area contributed by atoms with Gasteiger partial charge in [-0.1, -0.05) is 6.07 Å². The van der Waals surface area contributed by atoms with Gasteiger partial charge in [-0.2, -0.15) is 0 Å². The summed E-state index contributed by atoms with van der Waals surface area (Å²) in [6, 6.07) is 4.64. The molecule has 1 aromatic carbocycles. The molecule has 2 rings (SSSR count). The number of nitrogens with two attached hydrogens (primary N) is 2. The normalized spacial score (nSPS) is 10.5. The van der Waals surface area contributed by atoms with Crippen molar-refractivity contribution < 1.29 is 13.9 Å². The number of aryl methyl sites for hydroxylation is 2. The fraction of sp³-hybridized carbons (Fsp3) is 0.231. The number of rotatable bonds is 5. The molecule has 0 saturated heterocycles. The van der Waals surface area contributed by atoms with Crippen LogP contribution in [0.2, 0.25) is 0 Å². The van der Waals surface area contributed by atoms with Gasteiger partial charge in [-0.05, 0) is 24.1 Å². The number of anilines is 1. The first-order valence-electron chi connectivity index (χ1n) is 5.95. The third kappa shape index (κ3) is 2.71. The standard InChI is InChI=1S/C13H15FN4O2/c1-20-10-6-8(2-3-9(10)14)4-5-18-7-17-11(12(18)15)13(16)19/h2-3,6-7H,4-5,15H2,1H3,(H2,16,19). The van der Waals surface area contributed by atoms with Crippen molar-refractivity contribution in [2.24, 2.45) is 5.73 Å². The molecular formula is C13H15FN4O2. The predicted molar refractivity (Wildman–Crippen MR) is 71.8 cm³/mol. The third-order valence-electron chi connectivity index (χ3n) is 2.97. The minimum absolute atomic E-state index is 0.0571. The molecule has 1 amide bonds. The molecule has 20 heavy (non-hydrogen) atoms. The molecular weight excluding hydrogens is 263 g/mol. The van der Waals surface area contributed by atoms with E-state index in [9.17, 15) is 9.18 Å². The second-order valence-corrected chi connectivity index (χ2v) is 4.25. The summed E-state index contributed by atoms with van der Waals surface area (Å²) in [6.07, 6.45) is 2.05. The summed E-state index contributed by atoms with van der Waals surface area (Å²) >= 11 is 0. The number of amides is 1. The quantitative estimate of drug-likeness (QED) is 0.851. The minimum atomic E-state index is -0.662. The van der Waals surface area contributed by atoms with E-state index in [4.69, 9.17) is 16.2 Å². The minimum Gasteiger partial charge on any atom is -0.494 e. The summed E-state index contributed by atoms with van der Waals surface area (Å²) in [4.78, 5) is 14.9. The van der Waals surface area contributed by atoms with E-state index in [1.807, 2.05) is 0 Å². The molecule has 0 bridgehead atoms. The van der Waals surface area contributed by atoms with Crippen LogP contribution in [0.15, 0.2) is 24.5 Å². The van der Waals surface area contributed by atoms with Gasteiger partial charge in [0.05, 0.1) is 13.4 Å². The monoisotopic (exact) mass is 278 g/mol. The van der Waals surface area contributed by atoms with Crippen LogP contribution in [-0.4, -0.2) is 22.6 Å². The molecule has 6 nitrogen and oxygen atoms in total. The molecule has 1 heterocycles. The molecule has 7 heteroatoms. The van der Waals surface area contributed by atoms with Gasteiger partial charge >= 0.3 is 0 Å². The smallest absolute Gasteiger partial charge is 0.271 e. The van der Waals surface area contributed by atoms with E-state index in [1.54, 1.807) is 16.7 Å². The maximum atomic E-state index is 13.3. The highest BCUT2D eigenvalue weighted by Crippen LogP contribution is 2.19. The van der Waals surface area contributed by atoms with Crippen LogP contribution in [0, 0.1) is 5.82 Å². The Balaban J connectivity index is 2.11. The van der Waals surface area contributed by atoms with E-state index in [2.05, 4.69) is 4.98 Å². The van der Waals surface area contributed by atoms with E-state index < -0.39 is 11.7 Å². The maximum Gasteiger partial charge on any atom is 0.271 e. The van der Waals surface area contributed by atoms with Gasteiger partial charge in [-0.3, -0.25) is 4.79 Å².